The van der Waals surface area contributed by atoms with E-state index in [1.807, 2.05) is 48.5 Å². The lowest BCUT2D eigenvalue weighted by atomic mass is 10.0. The van der Waals surface area contributed by atoms with Crippen LogP contribution in [0.1, 0.15) is 22.3 Å². The largest absolute Gasteiger partial charge is 0.481 e. The second-order valence-electron chi connectivity index (χ2n) is 7.79. The van der Waals surface area contributed by atoms with Crippen molar-refractivity contribution in [2.45, 2.75) is 17.7 Å². The Morgan fingerprint density at radius 2 is 1.57 bits per heavy atom. The van der Waals surface area contributed by atoms with Gasteiger partial charge in [-0.15, -0.1) is 0 Å². The number of rotatable bonds is 8. The molecule has 0 aliphatic heterocycles. The predicted octanol–water partition coefficient (Wildman–Crippen LogP) is 8.34. The summed E-state index contributed by atoms with van der Waals surface area (Å²) in [6.07, 6.45) is 0.773. The first kappa shape index (κ1) is 28.6. The number of amides is 1. The molecule has 4 N–H and O–H groups in total. The second-order valence-corrected chi connectivity index (χ2v) is 10.4. The maximum absolute atomic E-state index is 11.4. The molecule has 0 aliphatic carbocycles. The highest BCUT2D eigenvalue weighted by atomic mass is 79.9. The number of anilines is 1. The molecule has 4 rings (SSSR count). The second kappa shape index (κ2) is 14.1. The van der Waals surface area contributed by atoms with Gasteiger partial charge in [0, 0.05) is 20.8 Å². The van der Waals surface area contributed by atoms with Crippen molar-refractivity contribution in [3.63, 3.8) is 0 Å². The van der Waals surface area contributed by atoms with Gasteiger partial charge in [-0.3, -0.25) is 9.59 Å². The lowest BCUT2D eigenvalue weighted by Gasteiger charge is -2.10. The molecule has 0 aliphatic rings. The third-order valence-corrected chi connectivity index (χ3v) is 7.15. The lowest BCUT2D eigenvalue weighted by Crippen LogP contribution is -2.12. The van der Waals surface area contributed by atoms with Crippen molar-refractivity contribution < 1.29 is 14.7 Å². The number of halogens is 3. The molecular formula is C28H23BrCl2N2O3S. The summed E-state index contributed by atoms with van der Waals surface area (Å²) in [5.74, 6) is -1.26. The fourth-order valence-corrected chi connectivity index (χ4v) is 4.80. The van der Waals surface area contributed by atoms with Crippen LogP contribution in [0.25, 0.3) is 11.1 Å². The highest BCUT2D eigenvalue weighted by Gasteiger charge is 2.10. The van der Waals surface area contributed by atoms with E-state index < -0.39 is 11.9 Å². The van der Waals surface area contributed by atoms with Gasteiger partial charge in [-0.25, -0.2) is 0 Å². The molecule has 5 nitrogen and oxygen atoms in total. The van der Waals surface area contributed by atoms with Crippen LogP contribution < -0.4 is 10.5 Å². The molecule has 0 radical (unpaired) electrons. The minimum absolute atomic E-state index is 0.185. The van der Waals surface area contributed by atoms with E-state index in [0.717, 1.165) is 20.5 Å². The molecule has 1 amide bonds. The molecule has 0 unspecified atom stereocenters. The SMILES string of the molecule is NC(=O)c1cc(Br)ccc1NSc1cc(Cl)ccc1Cl.O=C(O)CCc1ccc(-c2ccccc2)cc1. The standard InChI is InChI=1S/C15H14O2.C13H9BrCl2N2OS/c16-15(17)11-8-12-6-9-14(10-7-12)13-4-2-1-3-5-13;14-7-1-4-11(9(5-7)13(17)19)18-20-12-6-8(15)2-3-10(12)16/h1-7,9-10H,8,11H2,(H,16,17);1-6,18H,(H2,17,19). The zero-order valence-electron chi connectivity index (χ0n) is 19.5. The van der Waals surface area contributed by atoms with E-state index in [1.165, 1.54) is 17.5 Å². The summed E-state index contributed by atoms with van der Waals surface area (Å²) in [4.78, 5) is 22.6. The van der Waals surface area contributed by atoms with Crippen LogP contribution in [-0.2, 0) is 11.2 Å². The van der Waals surface area contributed by atoms with Gasteiger partial charge in [0.05, 0.1) is 16.3 Å². The van der Waals surface area contributed by atoms with E-state index in [1.54, 1.807) is 30.3 Å². The fourth-order valence-electron chi connectivity index (χ4n) is 3.22. The van der Waals surface area contributed by atoms with Gasteiger partial charge in [-0.05, 0) is 71.5 Å². The lowest BCUT2D eigenvalue weighted by molar-refractivity contribution is -0.136. The van der Waals surface area contributed by atoms with Gasteiger partial charge in [0.15, 0.2) is 0 Å². The number of aryl methyl sites for hydroxylation is 1. The molecule has 9 heteroatoms. The van der Waals surface area contributed by atoms with Gasteiger partial charge in [0.25, 0.3) is 5.91 Å². The van der Waals surface area contributed by atoms with Crippen LogP contribution in [0.5, 0.6) is 0 Å². The van der Waals surface area contributed by atoms with Crippen molar-refractivity contribution in [3.8, 4) is 11.1 Å². The average molecular weight is 618 g/mol. The Kier molecular flexibility index (Phi) is 10.9. The predicted molar refractivity (Wildman–Crippen MR) is 156 cm³/mol. The molecule has 4 aromatic carbocycles. The number of nitrogens with two attached hydrogens (primary N) is 1. The number of nitrogens with one attached hydrogen (secondary N) is 1. The Labute approximate surface area is 238 Å². The number of hydrogen-bond donors (Lipinski definition) is 3. The maximum Gasteiger partial charge on any atom is 0.303 e. The Morgan fingerprint density at radius 3 is 2.22 bits per heavy atom. The molecule has 0 bridgehead atoms. The number of hydrogen-bond acceptors (Lipinski definition) is 4. The minimum Gasteiger partial charge on any atom is -0.481 e. The number of carbonyl (C=O) groups excluding carboxylic acids is 1. The Balaban J connectivity index is 0.000000208. The third kappa shape index (κ3) is 9.13. The minimum atomic E-state index is -0.753. The van der Waals surface area contributed by atoms with Crippen LogP contribution in [0.3, 0.4) is 0 Å². The number of carbonyl (C=O) groups is 2. The monoisotopic (exact) mass is 616 g/mol. The normalized spacial score (nSPS) is 10.2. The summed E-state index contributed by atoms with van der Waals surface area (Å²) >= 11 is 16.6. The number of aliphatic carboxylic acids is 1. The topological polar surface area (TPSA) is 92.4 Å². The zero-order valence-corrected chi connectivity index (χ0v) is 23.4. The van der Waals surface area contributed by atoms with Gasteiger partial charge < -0.3 is 15.6 Å². The summed E-state index contributed by atoms with van der Waals surface area (Å²) in [6.45, 7) is 0. The molecular weight excluding hydrogens is 595 g/mol. The Bertz CT molecular complexity index is 1370. The van der Waals surface area contributed by atoms with Crippen LogP contribution in [0.15, 0.2) is 100 Å². The van der Waals surface area contributed by atoms with Crippen molar-refractivity contribution in [2.24, 2.45) is 5.73 Å². The highest BCUT2D eigenvalue weighted by molar-refractivity contribution is 9.10. The molecule has 4 aromatic rings. The summed E-state index contributed by atoms with van der Waals surface area (Å²) in [5, 5.41) is 9.77. The number of carboxylic acid groups (broad SMARTS) is 1. The number of carboxylic acids is 1. The quantitative estimate of drug-likeness (QED) is 0.173. The van der Waals surface area contributed by atoms with Crippen molar-refractivity contribution in [2.75, 3.05) is 4.72 Å². The highest BCUT2D eigenvalue weighted by Crippen LogP contribution is 2.32. The first-order valence-corrected chi connectivity index (χ1v) is 13.4. The summed E-state index contributed by atoms with van der Waals surface area (Å²) in [6, 6.07) is 28.6. The van der Waals surface area contributed by atoms with E-state index in [2.05, 4.69) is 32.8 Å². The summed E-state index contributed by atoms with van der Waals surface area (Å²) in [7, 11) is 0. The van der Waals surface area contributed by atoms with Gasteiger partial charge >= 0.3 is 5.97 Å². The van der Waals surface area contributed by atoms with Crippen LogP contribution in [0.4, 0.5) is 5.69 Å². The van der Waals surface area contributed by atoms with Gasteiger partial charge in [0.2, 0.25) is 0 Å². The Hall–Kier alpha value is -2.97. The molecule has 37 heavy (non-hydrogen) atoms. The van der Waals surface area contributed by atoms with Crippen LogP contribution in [0.2, 0.25) is 10.0 Å². The van der Waals surface area contributed by atoms with Crippen molar-refractivity contribution >= 4 is 68.6 Å². The van der Waals surface area contributed by atoms with E-state index in [4.69, 9.17) is 34.0 Å². The maximum atomic E-state index is 11.4. The van der Waals surface area contributed by atoms with Crippen molar-refractivity contribution in [1.82, 2.24) is 0 Å². The van der Waals surface area contributed by atoms with E-state index in [-0.39, 0.29) is 6.42 Å². The van der Waals surface area contributed by atoms with Gasteiger partial charge in [0.1, 0.15) is 0 Å². The molecule has 0 spiro atoms. The van der Waals surface area contributed by atoms with E-state index in [9.17, 15) is 9.59 Å². The molecule has 0 atom stereocenters. The zero-order chi connectivity index (χ0) is 26.8. The smallest absolute Gasteiger partial charge is 0.303 e. The number of benzene rings is 4. The molecule has 0 aromatic heterocycles. The molecule has 0 saturated carbocycles. The van der Waals surface area contributed by atoms with Crippen LogP contribution in [0, 0.1) is 0 Å². The fraction of sp³-hybridized carbons (Fsp3) is 0.0714. The van der Waals surface area contributed by atoms with Crippen molar-refractivity contribution in [1.29, 1.82) is 0 Å². The van der Waals surface area contributed by atoms with Crippen LogP contribution in [-0.4, -0.2) is 17.0 Å². The molecule has 0 heterocycles. The Morgan fingerprint density at radius 1 is 0.892 bits per heavy atom. The third-order valence-electron chi connectivity index (χ3n) is 5.10. The number of primary amides is 1. The molecule has 190 valence electrons. The molecule has 0 fully saturated rings. The van der Waals surface area contributed by atoms with Gasteiger partial charge in [-0.2, -0.15) is 0 Å². The van der Waals surface area contributed by atoms with Gasteiger partial charge in [-0.1, -0.05) is 93.7 Å². The average Bonchev–Trinajstić information content (AvgIpc) is 2.89. The first-order chi connectivity index (χ1) is 17.7. The van der Waals surface area contributed by atoms with E-state index in [0.29, 0.717) is 27.7 Å². The van der Waals surface area contributed by atoms with Crippen molar-refractivity contribution in [3.05, 3.63) is 117 Å². The first-order valence-electron chi connectivity index (χ1n) is 11.1. The van der Waals surface area contributed by atoms with Crippen LogP contribution >= 0.6 is 51.1 Å². The summed E-state index contributed by atoms with van der Waals surface area (Å²) in [5.41, 5.74) is 9.75. The van der Waals surface area contributed by atoms with E-state index >= 15 is 0 Å². The summed E-state index contributed by atoms with van der Waals surface area (Å²) < 4.78 is 3.84. The molecule has 0 saturated heterocycles.